The second-order valence-corrected chi connectivity index (χ2v) is 5.52. The summed E-state index contributed by atoms with van der Waals surface area (Å²) in [6, 6.07) is 10.9. The Morgan fingerprint density at radius 2 is 1.84 bits per heavy atom. The molecule has 0 aromatic heterocycles. The van der Waals surface area contributed by atoms with Crippen molar-refractivity contribution in [2.75, 3.05) is 19.6 Å². The van der Waals surface area contributed by atoms with Crippen molar-refractivity contribution in [3.05, 3.63) is 35.9 Å². The molecule has 1 unspecified atom stereocenters. The van der Waals surface area contributed by atoms with Gasteiger partial charge in [0.1, 0.15) is 0 Å². The minimum absolute atomic E-state index is 0. The van der Waals surface area contributed by atoms with Crippen LogP contribution in [-0.4, -0.2) is 30.1 Å². The molecule has 0 amide bonds. The normalized spacial score (nSPS) is 26.7. The first kappa shape index (κ1) is 16.8. The molecule has 2 nitrogen and oxygen atoms in total. The lowest BCUT2D eigenvalue weighted by atomic mass is 9.85. The monoisotopic (exact) mass is 302 g/mol. The Morgan fingerprint density at radius 3 is 2.53 bits per heavy atom. The van der Waals surface area contributed by atoms with Crippen LogP contribution in [0.5, 0.6) is 0 Å². The SMILES string of the molecule is Cl.Cl.c1ccc(CN2CCCCC23CCNC3)cc1. The third-order valence-corrected chi connectivity index (χ3v) is 4.43. The van der Waals surface area contributed by atoms with Crippen molar-refractivity contribution in [3.63, 3.8) is 0 Å². The Kier molecular flexibility index (Phi) is 6.61. The number of hydrogen-bond donors (Lipinski definition) is 1. The molecule has 0 bridgehead atoms. The average molecular weight is 303 g/mol. The Morgan fingerprint density at radius 1 is 1.05 bits per heavy atom. The van der Waals surface area contributed by atoms with Gasteiger partial charge in [-0.3, -0.25) is 4.90 Å². The van der Waals surface area contributed by atoms with Crippen LogP contribution in [0.2, 0.25) is 0 Å². The molecule has 1 aromatic rings. The minimum Gasteiger partial charge on any atom is -0.315 e. The molecular weight excluding hydrogens is 279 g/mol. The van der Waals surface area contributed by atoms with Crippen molar-refractivity contribution < 1.29 is 0 Å². The van der Waals surface area contributed by atoms with E-state index in [2.05, 4.69) is 40.5 Å². The van der Waals surface area contributed by atoms with Crippen LogP contribution in [0.3, 0.4) is 0 Å². The fraction of sp³-hybridized carbons (Fsp3) is 0.600. The summed E-state index contributed by atoms with van der Waals surface area (Å²) in [5, 5.41) is 3.56. The van der Waals surface area contributed by atoms with Gasteiger partial charge in [0.15, 0.2) is 0 Å². The first-order valence-electron chi connectivity index (χ1n) is 6.89. The van der Waals surface area contributed by atoms with Crippen LogP contribution < -0.4 is 5.32 Å². The van der Waals surface area contributed by atoms with Crippen molar-refractivity contribution in [2.45, 2.75) is 37.8 Å². The van der Waals surface area contributed by atoms with Crippen LogP contribution in [0.1, 0.15) is 31.2 Å². The molecule has 0 radical (unpaired) electrons. The van der Waals surface area contributed by atoms with Crippen LogP contribution >= 0.6 is 24.8 Å². The molecule has 1 aromatic carbocycles. The first-order chi connectivity index (χ1) is 8.39. The van der Waals surface area contributed by atoms with E-state index in [4.69, 9.17) is 0 Å². The Labute approximate surface area is 128 Å². The number of benzene rings is 1. The van der Waals surface area contributed by atoms with Crippen LogP contribution in [0.15, 0.2) is 30.3 Å². The highest BCUT2D eigenvalue weighted by Crippen LogP contribution is 2.34. The van der Waals surface area contributed by atoms with Crippen molar-refractivity contribution in [3.8, 4) is 0 Å². The summed E-state index contributed by atoms with van der Waals surface area (Å²) in [5.41, 5.74) is 1.93. The molecular formula is C15H24Cl2N2. The number of nitrogens with zero attached hydrogens (tertiary/aromatic N) is 1. The smallest absolute Gasteiger partial charge is 0.0349 e. The maximum Gasteiger partial charge on any atom is 0.0349 e. The van der Waals surface area contributed by atoms with E-state index >= 15 is 0 Å². The molecule has 1 atom stereocenters. The van der Waals surface area contributed by atoms with E-state index in [1.165, 1.54) is 50.9 Å². The number of piperidine rings is 1. The largest absolute Gasteiger partial charge is 0.315 e. The second kappa shape index (κ2) is 7.49. The van der Waals surface area contributed by atoms with Crippen LogP contribution in [0, 0.1) is 0 Å². The molecule has 2 aliphatic rings. The van der Waals surface area contributed by atoms with E-state index < -0.39 is 0 Å². The molecule has 0 saturated carbocycles. The van der Waals surface area contributed by atoms with Gasteiger partial charge in [-0.05, 0) is 37.9 Å². The molecule has 19 heavy (non-hydrogen) atoms. The first-order valence-corrected chi connectivity index (χ1v) is 6.89. The summed E-state index contributed by atoms with van der Waals surface area (Å²) in [7, 11) is 0. The van der Waals surface area contributed by atoms with Gasteiger partial charge in [0.05, 0.1) is 0 Å². The molecule has 0 aliphatic carbocycles. The van der Waals surface area contributed by atoms with E-state index in [0.717, 1.165) is 6.54 Å². The number of rotatable bonds is 2. The maximum absolute atomic E-state index is 3.56. The summed E-state index contributed by atoms with van der Waals surface area (Å²) in [4.78, 5) is 2.73. The summed E-state index contributed by atoms with van der Waals surface area (Å²) < 4.78 is 0. The van der Waals surface area contributed by atoms with Gasteiger partial charge in [-0.15, -0.1) is 24.8 Å². The van der Waals surface area contributed by atoms with E-state index in [-0.39, 0.29) is 24.8 Å². The summed E-state index contributed by atoms with van der Waals surface area (Å²) in [5.74, 6) is 0. The molecule has 3 rings (SSSR count). The highest BCUT2D eigenvalue weighted by molar-refractivity contribution is 5.85. The van der Waals surface area contributed by atoms with Gasteiger partial charge < -0.3 is 5.32 Å². The lowest BCUT2D eigenvalue weighted by Gasteiger charge is -2.44. The average Bonchev–Trinajstić information content (AvgIpc) is 2.83. The third kappa shape index (κ3) is 3.63. The zero-order valence-corrected chi connectivity index (χ0v) is 12.9. The summed E-state index contributed by atoms with van der Waals surface area (Å²) in [6.45, 7) is 4.80. The minimum atomic E-state index is 0. The number of likely N-dealkylation sites (tertiary alicyclic amines) is 1. The summed E-state index contributed by atoms with van der Waals surface area (Å²) in [6.07, 6.45) is 5.49. The lowest BCUT2D eigenvalue weighted by molar-refractivity contribution is 0.0546. The molecule has 2 saturated heterocycles. The van der Waals surface area contributed by atoms with Gasteiger partial charge in [-0.2, -0.15) is 0 Å². The van der Waals surface area contributed by atoms with Gasteiger partial charge in [0, 0.05) is 18.6 Å². The van der Waals surface area contributed by atoms with Gasteiger partial charge in [0.2, 0.25) is 0 Å². The predicted octanol–water partition coefficient (Wildman–Crippen LogP) is 3.25. The third-order valence-electron chi connectivity index (χ3n) is 4.43. The van der Waals surface area contributed by atoms with Crippen LogP contribution in [0.25, 0.3) is 0 Å². The van der Waals surface area contributed by atoms with Crippen LogP contribution in [-0.2, 0) is 6.54 Å². The number of hydrogen-bond acceptors (Lipinski definition) is 2. The quantitative estimate of drug-likeness (QED) is 0.902. The zero-order valence-electron chi connectivity index (χ0n) is 11.3. The highest BCUT2D eigenvalue weighted by Gasteiger charge is 2.40. The standard InChI is InChI=1S/C15H22N2.2ClH/c1-2-6-14(7-3-1)12-17-11-5-4-8-15(17)9-10-16-13-15;;/h1-3,6-7,16H,4-5,8-13H2;2*1H. The highest BCUT2D eigenvalue weighted by atomic mass is 35.5. The zero-order chi connectivity index (χ0) is 11.6. The fourth-order valence-corrected chi connectivity index (χ4v) is 3.42. The molecule has 1 N–H and O–H groups in total. The lowest BCUT2D eigenvalue weighted by Crippen LogP contribution is -2.52. The molecule has 108 valence electrons. The maximum atomic E-state index is 3.56. The molecule has 2 fully saturated rings. The van der Waals surface area contributed by atoms with Crippen LogP contribution in [0.4, 0.5) is 0 Å². The molecule has 2 aliphatic heterocycles. The van der Waals surface area contributed by atoms with E-state index in [1.54, 1.807) is 0 Å². The van der Waals surface area contributed by atoms with E-state index in [1.807, 2.05) is 0 Å². The predicted molar refractivity (Wildman–Crippen MR) is 85.4 cm³/mol. The fourth-order valence-electron chi connectivity index (χ4n) is 3.42. The van der Waals surface area contributed by atoms with Crippen molar-refractivity contribution in [1.29, 1.82) is 0 Å². The van der Waals surface area contributed by atoms with Gasteiger partial charge >= 0.3 is 0 Å². The van der Waals surface area contributed by atoms with E-state index in [0.29, 0.717) is 5.54 Å². The molecule has 4 heteroatoms. The van der Waals surface area contributed by atoms with Gasteiger partial charge in [-0.25, -0.2) is 0 Å². The second-order valence-electron chi connectivity index (χ2n) is 5.52. The summed E-state index contributed by atoms with van der Waals surface area (Å²) >= 11 is 0. The van der Waals surface area contributed by atoms with Crippen molar-refractivity contribution in [2.24, 2.45) is 0 Å². The molecule has 1 spiro atoms. The van der Waals surface area contributed by atoms with Gasteiger partial charge in [-0.1, -0.05) is 36.8 Å². The number of halogens is 2. The Hall–Kier alpha value is -0.280. The Balaban J connectivity index is 0.000000902. The van der Waals surface area contributed by atoms with Crippen molar-refractivity contribution in [1.82, 2.24) is 10.2 Å². The Bertz CT molecular complexity index is 364. The number of nitrogens with one attached hydrogen (secondary N) is 1. The molecule has 2 heterocycles. The van der Waals surface area contributed by atoms with Crippen molar-refractivity contribution >= 4 is 24.8 Å². The van der Waals surface area contributed by atoms with E-state index in [9.17, 15) is 0 Å². The van der Waals surface area contributed by atoms with Gasteiger partial charge in [0.25, 0.3) is 0 Å². The topological polar surface area (TPSA) is 15.3 Å².